The summed E-state index contributed by atoms with van der Waals surface area (Å²) >= 11 is 1.90. The highest BCUT2D eigenvalue weighted by Gasteiger charge is 2.09. The lowest BCUT2D eigenvalue weighted by Gasteiger charge is -2.24. The van der Waals surface area contributed by atoms with Crippen molar-refractivity contribution in [3.05, 3.63) is 23.9 Å². The minimum absolute atomic E-state index is 0.588. The van der Waals surface area contributed by atoms with Gasteiger partial charge in [-0.25, -0.2) is 10.8 Å². The van der Waals surface area contributed by atoms with Gasteiger partial charge in [0.25, 0.3) is 0 Å². The van der Waals surface area contributed by atoms with Gasteiger partial charge in [0.05, 0.1) is 0 Å². The van der Waals surface area contributed by atoms with Gasteiger partial charge < -0.3 is 5.43 Å². The predicted molar refractivity (Wildman–Crippen MR) is 76.0 cm³/mol. The number of nitrogens with zero attached hydrogens (tertiary/aromatic N) is 2. The Morgan fingerprint density at radius 2 is 2.35 bits per heavy atom. The molecule has 3 N–H and O–H groups in total. The van der Waals surface area contributed by atoms with Crippen LogP contribution < -0.4 is 11.3 Å². The Morgan fingerprint density at radius 3 is 3.00 bits per heavy atom. The van der Waals surface area contributed by atoms with Crippen LogP contribution in [0.1, 0.15) is 18.9 Å². The lowest BCUT2D eigenvalue weighted by atomic mass is 10.2. The zero-order valence-corrected chi connectivity index (χ0v) is 11.6. The lowest BCUT2D eigenvalue weighted by molar-refractivity contribution is 0.245. The maximum atomic E-state index is 5.35. The summed E-state index contributed by atoms with van der Waals surface area (Å²) in [6.45, 7) is 3.19. The molecule has 0 aromatic carbocycles. The van der Waals surface area contributed by atoms with Crippen LogP contribution in [0.2, 0.25) is 0 Å². The van der Waals surface area contributed by atoms with Crippen molar-refractivity contribution in [1.29, 1.82) is 0 Å². The van der Waals surface area contributed by atoms with Gasteiger partial charge in [0, 0.05) is 18.8 Å². The number of pyridine rings is 1. The summed E-state index contributed by atoms with van der Waals surface area (Å²) in [5.41, 5.74) is 3.80. The molecule has 5 heteroatoms. The first-order chi connectivity index (χ1) is 8.17. The molecule has 0 saturated heterocycles. The number of anilines is 1. The second kappa shape index (κ2) is 7.53. The van der Waals surface area contributed by atoms with Crippen LogP contribution in [-0.2, 0) is 6.54 Å². The van der Waals surface area contributed by atoms with Gasteiger partial charge in [-0.15, -0.1) is 0 Å². The predicted octanol–water partition coefficient (Wildman–Crippen LogP) is 1.94. The molecular formula is C12H22N4S. The third-order valence-electron chi connectivity index (χ3n) is 2.90. The third kappa shape index (κ3) is 4.93. The lowest BCUT2D eigenvalue weighted by Crippen LogP contribution is -2.29. The molecule has 0 aliphatic carbocycles. The number of nitrogens with one attached hydrogen (secondary N) is 1. The highest BCUT2D eigenvalue weighted by atomic mass is 32.2. The van der Waals surface area contributed by atoms with Crippen molar-refractivity contribution in [2.24, 2.45) is 5.84 Å². The van der Waals surface area contributed by atoms with Crippen molar-refractivity contribution in [1.82, 2.24) is 9.88 Å². The molecular weight excluding hydrogens is 232 g/mol. The van der Waals surface area contributed by atoms with Crippen LogP contribution in [0.15, 0.2) is 18.3 Å². The number of hydrogen-bond donors (Lipinski definition) is 2. The first-order valence-electron chi connectivity index (χ1n) is 5.78. The number of aromatic nitrogens is 1. The summed E-state index contributed by atoms with van der Waals surface area (Å²) in [5.74, 6) is 7.27. The fraction of sp³-hybridized carbons (Fsp3) is 0.583. The van der Waals surface area contributed by atoms with E-state index in [2.05, 4.69) is 35.5 Å². The summed E-state index contributed by atoms with van der Waals surface area (Å²) in [6.07, 6.45) is 5.14. The quantitative estimate of drug-likeness (QED) is 0.575. The van der Waals surface area contributed by atoms with Crippen molar-refractivity contribution < 1.29 is 0 Å². The molecule has 0 aliphatic rings. The SMILES string of the molecule is CSCCC(C)N(C)Cc1ccnc(NN)c1. The van der Waals surface area contributed by atoms with Crippen LogP contribution in [0, 0.1) is 0 Å². The maximum absolute atomic E-state index is 5.35. The molecule has 1 aromatic heterocycles. The number of rotatable bonds is 7. The van der Waals surface area contributed by atoms with Gasteiger partial charge in [0.15, 0.2) is 0 Å². The molecule has 0 radical (unpaired) electrons. The van der Waals surface area contributed by atoms with Gasteiger partial charge in [-0.1, -0.05) is 0 Å². The van der Waals surface area contributed by atoms with Gasteiger partial charge in [0.1, 0.15) is 5.82 Å². The Bertz CT molecular complexity index is 332. The molecule has 1 aromatic rings. The summed E-state index contributed by atoms with van der Waals surface area (Å²) < 4.78 is 0. The first kappa shape index (κ1) is 14.3. The van der Waals surface area contributed by atoms with Crippen LogP contribution >= 0.6 is 11.8 Å². The van der Waals surface area contributed by atoms with E-state index < -0.39 is 0 Å². The van der Waals surface area contributed by atoms with Gasteiger partial charge >= 0.3 is 0 Å². The van der Waals surface area contributed by atoms with Gasteiger partial charge in [0.2, 0.25) is 0 Å². The van der Waals surface area contributed by atoms with Crippen molar-refractivity contribution in [3.63, 3.8) is 0 Å². The van der Waals surface area contributed by atoms with E-state index in [4.69, 9.17) is 5.84 Å². The molecule has 1 atom stereocenters. The smallest absolute Gasteiger partial charge is 0.140 e. The number of hydrogen-bond acceptors (Lipinski definition) is 5. The summed E-state index contributed by atoms with van der Waals surface area (Å²) in [6, 6.07) is 4.60. The molecule has 1 unspecified atom stereocenters. The van der Waals surface area contributed by atoms with Crippen molar-refractivity contribution in [2.45, 2.75) is 25.9 Å². The number of thioether (sulfide) groups is 1. The first-order valence-corrected chi connectivity index (χ1v) is 7.17. The van der Waals surface area contributed by atoms with Crippen LogP contribution in [0.25, 0.3) is 0 Å². The molecule has 0 aliphatic heterocycles. The second-order valence-electron chi connectivity index (χ2n) is 4.24. The van der Waals surface area contributed by atoms with Crippen molar-refractivity contribution in [3.8, 4) is 0 Å². The summed E-state index contributed by atoms with van der Waals surface area (Å²) in [4.78, 5) is 6.45. The number of nitrogen functional groups attached to an aromatic ring is 1. The molecule has 1 rings (SSSR count). The number of nitrogens with two attached hydrogens (primary N) is 1. The Labute approximate surface area is 108 Å². The van der Waals surface area contributed by atoms with Crippen LogP contribution in [0.4, 0.5) is 5.82 Å². The molecule has 0 saturated carbocycles. The maximum Gasteiger partial charge on any atom is 0.140 e. The van der Waals surface area contributed by atoms with Gasteiger partial charge in [-0.3, -0.25) is 4.90 Å². The van der Waals surface area contributed by atoms with Gasteiger partial charge in [-0.2, -0.15) is 11.8 Å². The molecule has 0 fully saturated rings. The molecule has 4 nitrogen and oxygen atoms in total. The monoisotopic (exact) mass is 254 g/mol. The topological polar surface area (TPSA) is 54.2 Å². The Balaban J connectivity index is 2.51. The average molecular weight is 254 g/mol. The summed E-state index contributed by atoms with van der Waals surface area (Å²) in [5, 5.41) is 0. The van der Waals surface area contributed by atoms with Crippen LogP contribution in [0.5, 0.6) is 0 Å². The van der Waals surface area contributed by atoms with Crippen molar-refractivity contribution >= 4 is 17.6 Å². The van der Waals surface area contributed by atoms with E-state index in [1.165, 1.54) is 17.7 Å². The zero-order valence-electron chi connectivity index (χ0n) is 10.8. The highest BCUT2D eigenvalue weighted by Crippen LogP contribution is 2.12. The zero-order chi connectivity index (χ0) is 12.7. The fourth-order valence-corrected chi connectivity index (χ4v) is 2.18. The average Bonchev–Trinajstić information content (AvgIpc) is 2.36. The highest BCUT2D eigenvalue weighted by molar-refractivity contribution is 7.98. The fourth-order valence-electron chi connectivity index (χ4n) is 1.60. The second-order valence-corrected chi connectivity index (χ2v) is 5.22. The van der Waals surface area contributed by atoms with E-state index in [1.807, 2.05) is 23.9 Å². The van der Waals surface area contributed by atoms with E-state index in [1.54, 1.807) is 6.20 Å². The molecule has 96 valence electrons. The molecule has 0 bridgehead atoms. The normalized spacial score (nSPS) is 12.8. The Morgan fingerprint density at radius 1 is 1.59 bits per heavy atom. The van der Waals surface area contributed by atoms with E-state index in [9.17, 15) is 0 Å². The molecule has 0 amide bonds. The van der Waals surface area contributed by atoms with Crippen molar-refractivity contribution in [2.75, 3.05) is 24.5 Å². The minimum Gasteiger partial charge on any atom is -0.308 e. The van der Waals surface area contributed by atoms with Gasteiger partial charge in [-0.05, 0) is 50.1 Å². The molecule has 1 heterocycles. The van der Waals surface area contributed by atoms with E-state index in [-0.39, 0.29) is 0 Å². The number of hydrazine groups is 1. The van der Waals surface area contributed by atoms with E-state index in [0.717, 1.165) is 6.54 Å². The third-order valence-corrected chi connectivity index (χ3v) is 3.54. The van der Waals surface area contributed by atoms with E-state index >= 15 is 0 Å². The Hall–Kier alpha value is -0.780. The minimum atomic E-state index is 0.588. The Kier molecular flexibility index (Phi) is 6.32. The molecule has 0 spiro atoms. The van der Waals surface area contributed by atoms with Crippen LogP contribution in [0.3, 0.4) is 0 Å². The summed E-state index contributed by atoms with van der Waals surface area (Å²) in [7, 11) is 2.15. The van der Waals surface area contributed by atoms with Crippen LogP contribution in [-0.4, -0.2) is 35.0 Å². The largest absolute Gasteiger partial charge is 0.308 e. The van der Waals surface area contributed by atoms with E-state index in [0.29, 0.717) is 11.9 Å². The standard InChI is InChI=1S/C12H22N4S/c1-10(5-7-17-3)16(2)9-11-4-6-14-12(8-11)15-13/h4,6,8,10H,5,7,9,13H2,1-3H3,(H,14,15). The molecule has 17 heavy (non-hydrogen) atoms.